The molecule has 2 aromatic heterocycles. The number of likely N-dealkylation sites (tertiary alicyclic amines) is 1. The van der Waals surface area contributed by atoms with Crippen LogP contribution in [0.3, 0.4) is 0 Å². The van der Waals surface area contributed by atoms with E-state index in [1.807, 2.05) is 28.8 Å². The first-order chi connectivity index (χ1) is 15.4. The molecule has 4 rings (SSSR count). The molecule has 3 aromatic rings. The maximum absolute atomic E-state index is 12.7. The molecule has 0 spiro atoms. The molecule has 0 aliphatic carbocycles. The lowest BCUT2D eigenvalue weighted by Gasteiger charge is -2.19. The van der Waals surface area contributed by atoms with Crippen molar-refractivity contribution in [3.8, 4) is 0 Å². The SMILES string of the molecule is CN=C(NCCc1nnc2ccccn12)NC1CCN(Cc2ccc(C(F)(F)F)cc2)C1.I. The van der Waals surface area contributed by atoms with Gasteiger partial charge in [0.05, 0.1) is 5.56 Å². The molecule has 2 N–H and O–H groups in total. The van der Waals surface area contributed by atoms with E-state index in [0.29, 0.717) is 19.5 Å². The van der Waals surface area contributed by atoms with Crippen molar-refractivity contribution in [1.82, 2.24) is 30.1 Å². The number of aromatic nitrogens is 3. The minimum Gasteiger partial charge on any atom is -0.356 e. The van der Waals surface area contributed by atoms with Gasteiger partial charge in [0, 0.05) is 51.9 Å². The summed E-state index contributed by atoms with van der Waals surface area (Å²) >= 11 is 0. The highest BCUT2D eigenvalue weighted by atomic mass is 127. The fraction of sp³-hybridized carbons (Fsp3) is 0.409. The maximum Gasteiger partial charge on any atom is 0.416 e. The van der Waals surface area contributed by atoms with E-state index in [1.54, 1.807) is 19.2 Å². The van der Waals surface area contributed by atoms with Gasteiger partial charge in [-0.05, 0) is 36.2 Å². The predicted octanol–water partition coefficient (Wildman–Crippen LogP) is 3.35. The molecular weight excluding hydrogens is 546 g/mol. The van der Waals surface area contributed by atoms with E-state index in [1.165, 1.54) is 0 Å². The first-order valence-corrected chi connectivity index (χ1v) is 10.6. The molecular formula is C22H27F3IN7. The first-order valence-electron chi connectivity index (χ1n) is 10.6. The molecule has 33 heavy (non-hydrogen) atoms. The summed E-state index contributed by atoms with van der Waals surface area (Å²) in [5.74, 6) is 1.60. The van der Waals surface area contributed by atoms with E-state index in [-0.39, 0.29) is 30.0 Å². The number of halogens is 4. The first kappa shape index (κ1) is 25.2. The Morgan fingerprint density at radius 1 is 1.15 bits per heavy atom. The largest absolute Gasteiger partial charge is 0.416 e. The molecule has 0 radical (unpaired) electrons. The summed E-state index contributed by atoms with van der Waals surface area (Å²) in [6.45, 7) is 2.97. The molecule has 1 atom stereocenters. The van der Waals surface area contributed by atoms with E-state index in [9.17, 15) is 13.2 Å². The standard InChI is InChI=1S/C22H26F3N7.HI/c1-26-21(27-11-9-20-30-29-19-4-2-3-12-32(19)20)28-18-10-13-31(15-18)14-16-5-7-17(8-6-16)22(23,24)25;/h2-8,12,18H,9-11,13-15H2,1H3,(H2,26,27,28);1H. The Bertz CT molecular complexity index is 1070. The summed E-state index contributed by atoms with van der Waals surface area (Å²) < 4.78 is 40.1. The minimum atomic E-state index is -4.30. The normalized spacial score (nSPS) is 17.2. The van der Waals surface area contributed by atoms with Crippen LogP contribution in [0, 0.1) is 0 Å². The van der Waals surface area contributed by atoms with Crippen molar-refractivity contribution in [2.24, 2.45) is 4.99 Å². The number of nitrogens with one attached hydrogen (secondary N) is 2. The molecule has 0 amide bonds. The predicted molar refractivity (Wildman–Crippen MR) is 132 cm³/mol. The Morgan fingerprint density at radius 3 is 2.67 bits per heavy atom. The smallest absolute Gasteiger partial charge is 0.356 e. The average Bonchev–Trinajstić information content (AvgIpc) is 3.39. The van der Waals surface area contributed by atoms with Gasteiger partial charge >= 0.3 is 6.18 Å². The van der Waals surface area contributed by atoms with E-state index < -0.39 is 11.7 Å². The minimum absolute atomic E-state index is 0. The monoisotopic (exact) mass is 573 g/mol. The summed E-state index contributed by atoms with van der Waals surface area (Å²) in [7, 11) is 1.73. The third kappa shape index (κ3) is 6.56. The van der Waals surface area contributed by atoms with E-state index >= 15 is 0 Å². The Kier molecular flexibility index (Phi) is 8.51. The van der Waals surface area contributed by atoms with E-state index in [2.05, 4.69) is 30.7 Å². The zero-order valence-corrected chi connectivity index (χ0v) is 20.5. The Balaban J connectivity index is 0.00000306. The topological polar surface area (TPSA) is 69.8 Å². The molecule has 1 fully saturated rings. The van der Waals surface area contributed by atoms with E-state index in [4.69, 9.17) is 0 Å². The number of alkyl halides is 3. The third-order valence-electron chi connectivity index (χ3n) is 5.55. The molecule has 0 saturated carbocycles. The number of pyridine rings is 1. The summed E-state index contributed by atoms with van der Waals surface area (Å²) in [5, 5.41) is 15.1. The lowest BCUT2D eigenvalue weighted by molar-refractivity contribution is -0.137. The highest BCUT2D eigenvalue weighted by Gasteiger charge is 2.30. The number of hydrogen-bond acceptors (Lipinski definition) is 4. The number of nitrogens with zero attached hydrogens (tertiary/aromatic N) is 5. The number of fused-ring (bicyclic) bond motifs is 1. The van der Waals surface area contributed by atoms with Crippen LogP contribution in [-0.2, 0) is 19.1 Å². The zero-order chi connectivity index (χ0) is 22.6. The van der Waals surface area contributed by atoms with Crippen molar-refractivity contribution >= 4 is 35.6 Å². The molecule has 1 aromatic carbocycles. The lowest BCUT2D eigenvalue weighted by Crippen LogP contribution is -2.45. The van der Waals surface area contributed by atoms with Crippen molar-refractivity contribution < 1.29 is 13.2 Å². The second-order valence-electron chi connectivity index (χ2n) is 7.85. The van der Waals surface area contributed by atoms with Gasteiger partial charge in [-0.25, -0.2) is 0 Å². The molecule has 1 saturated heterocycles. The van der Waals surface area contributed by atoms with Gasteiger partial charge in [0.15, 0.2) is 11.6 Å². The van der Waals surface area contributed by atoms with Gasteiger partial charge in [0.25, 0.3) is 0 Å². The van der Waals surface area contributed by atoms with E-state index in [0.717, 1.165) is 54.6 Å². The van der Waals surface area contributed by atoms with Gasteiger partial charge < -0.3 is 10.6 Å². The van der Waals surface area contributed by atoms with Gasteiger partial charge in [0.1, 0.15) is 5.82 Å². The fourth-order valence-electron chi connectivity index (χ4n) is 3.89. The highest BCUT2D eigenvalue weighted by molar-refractivity contribution is 14.0. The quantitative estimate of drug-likeness (QED) is 0.269. The van der Waals surface area contributed by atoms with Crippen LogP contribution in [0.15, 0.2) is 53.7 Å². The molecule has 11 heteroatoms. The second kappa shape index (κ2) is 11.1. The van der Waals surface area contributed by atoms with Crippen LogP contribution in [-0.4, -0.2) is 58.2 Å². The average molecular weight is 573 g/mol. The molecule has 1 unspecified atom stereocenters. The molecule has 1 aliphatic heterocycles. The molecule has 0 bridgehead atoms. The van der Waals surface area contributed by atoms with Crippen molar-refractivity contribution in [1.29, 1.82) is 0 Å². The number of benzene rings is 1. The van der Waals surface area contributed by atoms with Crippen LogP contribution in [0.2, 0.25) is 0 Å². The highest BCUT2D eigenvalue weighted by Crippen LogP contribution is 2.29. The Morgan fingerprint density at radius 2 is 1.94 bits per heavy atom. The van der Waals surface area contributed by atoms with Gasteiger partial charge in [-0.2, -0.15) is 13.2 Å². The molecule has 178 valence electrons. The molecule has 3 heterocycles. The lowest BCUT2D eigenvalue weighted by atomic mass is 10.1. The maximum atomic E-state index is 12.7. The number of guanidine groups is 1. The van der Waals surface area contributed by atoms with Crippen LogP contribution < -0.4 is 10.6 Å². The van der Waals surface area contributed by atoms with Crippen LogP contribution in [0.25, 0.3) is 5.65 Å². The third-order valence-corrected chi connectivity index (χ3v) is 5.55. The number of rotatable bonds is 6. The fourth-order valence-corrected chi connectivity index (χ4v) is 3.89. The zero-order valence-electron chi connectivity index (χ0n) is 18.2. The van der Waals surface area contributed by atoms with Crippen molar-refractivity contribution in [2.75, 3.05) is 26.7 Å². The summed E-state index contributed by atoms with van der Waals surface area (Å²) in [6, 6.07) is 11.4. The Hall–Kier alpha value is -2.41. The number of aliphatic imine (C=N–C) groups is 1. The molecule has 7 nitrogen and oxygen atoms in total. The summed E-state index contributed by atoms with van der Waals surface area (Å²) in [5.41, 5.74) is 1.09. The Labute approximate surface area is 207 Å². The summed E-state index contributed by atoms with van der Waals surface area (Å²) in [4.78, 5) is 6.53. The van der Waals surface area contributed by atoms with Crippen LogP contribution >= 0.6 is 24.0 Å². The van der Waals surface area contributed by atoms with Gasteiger partial charge in [-0.1, -0.05) is 18.2 Å². The van der Waals surface area contributed by atoms with Crippen LogP contribution in [0.5, 0.6) is 0 Å². The van der Waals surface area contributed by atoms with Gasteiger partial charge in [-0.15, -0.1) is 34.2 Å². The van der Waals surface area contributed by atoms with Gasteiger partial charge in [-0.3, -0.25) is 14.3 Å². The van der Waals surface area contributed by atoms with Gasteiger partial charge in [0.2, 0.25) is 0 Å². The molecule has 1 aliphatic rings. The van der Waals surface area contributed by atoms with Crippen LogP contribution in [0.4, 0.5) is 13.2 Å². The van der Waals surface area contributed by atoms with Crippen molar-refractivity contribution in [3.63, 3.8) is 0 Å². The number of hydrogen-bond donors (Lipinski definition) is 2. The van der Waals surface area contributed by atoms with Crippen molar-refractivity contribution in [2.45, 2.75) is 31.6 Å². The van der Waals surface area contributed by atoms with Crippen LogP contribution in [0.1, 0.15) is 23.4 Å². The summed E-state index contributed by atoms with van der Waals surface area (Å²) in [6.07, 6.45) is -0.709. The second-order valence-corrected chi connectivity index (χ2v) is 7.85. The van der Waals surface area contributed by atoms with Crippen molar-refractivity contribution in [3.05, 3.63) is 65.6 Å².